The second-order valence-corrected chi connectivity index (χ2v) is 4.79. The lowest BCUT2D eigenvalue weighted by molar-refractivity contribution is 0.971. The number of H-pyrrole nitrogens is 2. The van der Waals surface area contributed by atoms with Crippen molar-refractivity contribution < 1.29 is 0 Å². The molecule has 0 atom stereocenters. The Morgan fingerprint density at radius 1 is 0.955 bits per heavy atom. The highest BCUT2D eigenvalue weighted by Crippen LogP contribution is 2.21. The predicted octanol–water partition coefficient (Wildman–Crippen LogP) is 0.714. The first-order chi connectivity index (χ1) is 10.6. The van der Waals surface area contributed by atoms with Crippen LogP contribution in [0.2, 0.25) is 0 Å². The molecule has 114 valence electrons. The van der Waals surface area contributed by atoms with E-state index in [1.165, 1.54) is 0 Å². The Labute approximate surface area is 126 Å². The third-order valence-electron chi connectivity index (χ3n) is 3.31. The first kappa shape index (κ1) is 15.6. The predicted molar refractivity (Wildman–Crippen MR) is 86.3 cm³/mol. The summed E-state index contributed by atoms with van der Waals surface area (Å²) in [6.07, 6.45) is 0. The molecule has 0 radical (unpaired) electrons. The van der Waals surface area contributed by atoms with E-state index in [0.717, 1.165) is 11.1 Å². The quantitative estimate of drug-likeness (QED) is 0.388. The number of rotatable bonds is 1. The highest BCUT2D eigenvalue weighted by Gasteiger charge is 2.10. The highest BCUT2D eigenvalue weighted by molar-refractivity contribution is 5.86. The molecule has 22 heavy (non-hydrogen) atoms. The first-order valence-electron chi connectivity index (χ1n) is 6.59. The summed E-state index contributed by atoms with van der Waals surface area (Å²) in [4.78, 5) is 28.1. The molecule has 7 nitrogen and oxygen atoms in total. The molecule has 0 amide bonds. The number of benzene rings is 1. The van der Waals surface area contributed by atoms with Crippen molar-refractivity contribution >= 4 is 10.8 Å². The number of nitrogens with one attached hydrogen (secondary N) is 2. The Bertz CT molecular complexity index is 910. The minimum atomic E-state index is -0.333. The molecule has 6 N–H and O–H groups in total. The summed E-state index contributed by atoms with van der Waals surface area (Å²) in [5, 5.41) is 5.35. The number of aromatic amines is 2. The molecule has 0 aliphatic rings. The summed E-state index contributed by atoms with van der Waals surface area (Å²) in [5.74, 6) is 8.00. The van der Waals surface area contributed by atoms with Gasteiger partial charge in [0.2, 0.25) is 0 Å². The van der Waals surface area contributed by atoms with Crippen molar-refractivity contribution in [3.8, 4) is 11.3 Å². The van der Waals surface area contributed by atoms with E-state index < -0.39 is 0 Å². The maximum atomic E-state index is 11.9. The summed E-state index contributed by atoms with van der Waals surface area (Å²) < 4.78 is 0. The van der Waals surface area contributed by atoms with E-state index >= 15 is 0 Å². The molecule has 2 heterocycles. The molecule has 0 spiro atoms. The van der Waals surface area contributed by atoms with Crippen molar-refractivity contribution in [1.82, 2.24) is 15.2 Å². The molecule has 1 aromatic carbocycles. The van der Waals surface area contributed by atoms with Crippen LogP contribution in [0.5, 0.6) is 0 Å². The number of pyridine rings is 1. The van der Waals surface area contributed by atoms with Crippen LogP contribution in [0.1, 0.15) is 11.3 Å². The Balaban J connectivity index is 0.000000847. The lowest BCUT2D eigenvalue weighted by Crippen LogP contribution is -2.20. The van der Waals surface area contributed by atoms with Crippen LogP contribution in [0.25, 0.3) is 22.0 Å². The normalized spacial score (nSPS) is 10.2. The molecule has 0 saturated heterocycles. The summed E-state index contributed by atoms with van der Waals surface area (Å²) in [6, 6.07) is 9.52. The molecule has 2 aromatic heterocycles. The number of hydrazine groups is 1. The van der Waals surface area contributed by atoms with Gasteiger partial charge in [-0.2, -0.15) is 0 Å². The van der Waals surface area contributed by atoms with Crippen LogP contribution < -0.4 is 22.8 Å². The number of aromatic nitrogens is 3. The van der Waals surface area contributed by atoms with Crippen LogP contribution in [-0.2, 0) is 0 Å². The van der Waals surface area contributed by atoms with Gasteiger partial charge in [-0.15, -0.1) is 0 Å². The standard InChI is InChI=1S/C15H13N3O2.H4N2/c1-8-3-5-10(6-4-8)12-7-11-13(9(2)16-12)15(20)18-17-14(11)19;1-2/h3-7H,1-2H3,(H,17,19)(H,18,20);1-2H2. The van der Waals surface area contributed by atoms with Crippen LogP contribution in [0, 0.1) is 13.8 Å². The summed E-state index contributed by atoms with van der Waals surface area (Å²) >= 11 is 0. The zero-order chi connectivity index (χ0) is 16.3. The van der Waals surface area contributed by atoms with E-state index in [9.17, 15) is 9.59 Å². The van der Waals surface area contributed by atoms with Gasteiger partial charge in [-0.25, -0.2) is 0 Å². The Kier molecular flexibility index (Phi) is 4.50. The van der Waals surface area contributed by atoms with E-state index in [0.29, 0.717) is 22.2 Å². The molecule has 0 bridgehead atoms. The van der Waals surface area contributed by atoms with Crippen LogP contribution in [-0.4, -0.2) is 15.2 Å². The number of nitrogens with zero attached hydrogens (tertiary/aromatic N) is 1. The van der Waals surface area contributed by atoms with Crippen molar-refractivity contribution in [2.45, 2.75) is 13.8 Å². The minimum Gasteiger partial charge on any atom is -0.274 e. The van der Waals surface area contributed by atoms with Crippen LogP contribution in [0.4, 0.5) is 0 Å². The number of fused-ring (bicyclic) bond motifs is 1. The lowest BCUT2D eigenvalue weighted by atomic mass is 10.1. The number of hydrogen-bond donors (Lipinski definition) is 4. The van der Waals surface area contributed by atoms with Crippen LogP contribution >= 0.6 is 0 Å². The Hall–Kier alpha value is -2.77. The van der Waals surface area contributed by atoms with Crippen LogP contribution in [0.3, 0.4) is 0 Å². The van der Waals surface area contributed by atoms with Gasteiger partial charge in [-0.1, -0.05) is 29.8 Å². The molecule has 0 unspecified atom stereocenters. The van der Waals surface area contributed by atoms with Gasteiger partial charge in [-0.05, 0) is 19.9 Å². The average Bonchev–Trinajstić information content (AvgIpc) is 2.53. The van der Waals surface area contributed by atoms with Gasteiger partial charge < -0.3 is 0 Å². The number of nitrogens with two attached hydrogens (primary N) is 2. The molecule has 3 aromatic rings. The van der Waals surface area contributed by atoms with E-state index in [2.05, 4.69) is 26.9 Å². The highest BCUT2D eigenvalue weighted by atomic mass is 16.1. The lowest BCUT2D eigenvalue weighted by Gasteiger charge is -2.06. The Morgan fingerprint density at radius 3 is 2.18 bits per heavy atom. The molecule has 0 fully saturated rings. The molecule has 7 heteroatoms. The van der Waals surface area contributed by atoms with E-state index in [-0.39, 0.29) is 11.1 Å². The molecular formula is C15H17N5O2. The van der Waals surface area contributed by atoms with Gasteiger partial charge in [0.1, 0.15) is 0 Å². The van der Waals surface area contributed by atoms with Crippen molar-refractivity contribution in [3.05, 3.63) is 62.3 Å². The fourth-order valence-corrected chi connectivity index (χ4v) is 2.25. The second-order valence-electron chi connectivity index (χ2n) is 4.79. The zero-order valence-corrected chi connectivity index (χ0v) is 12.3. The fraction of sp³-hybridized carbons (Fsp3) is 0.133. The van der Waals surface area contributed by atoms with Gasteiger partial charge in [0, 0.05) is 5.56 Å². The average molecular weight is 299 g/mol. The monoisotopic (exact) mass is 299 g/mol. The number of hydrogen-bond acceptors (Lipinski definition) is 5. The summed E-state index contributed by atoms with van der Waals surface area (Å²) in [7, 11) is 0. The van der Waals surface area contributed by atoms with E-state index in [4.69, 9.17) is 0 Å². The maximum absolute atomic E-state index is 11.9. The third-order valence-corrected chi connectivity index (χ3v) is 3.31. The SMILES string of the molecule is Cc1ccc(-c2cc3c(=O)[nH][nH]c(=O)c3c(C)n2)cc1.NN. The van der Waals surface area contributed by atoms with Crippen molar-refractivity contribution in [3.63, 3.8) is 0 Å². The second kappa shape index (κ2) is 6.33. The van der Waals surface area contributed by atoms with Crippen molar-refractivity contribution in [2.24, 2.45) is 11.7 Å². The van der Waals surface area contributed by atoms with Gasteiger partial charge in [-0.3, -0.25) is 36.5 Å². The molecule has 0 aliphatic carbocycles. The van der Waals surface area contributed by atoms with E-state index in [1.54, 1.807) is 13.0 Å². The minimum absolute atomic E-state index is 0.321. The Morgan fingerprint density at radius 2 is 1.55 bits per heavy atom. The van der Waals surface area contributed by atoms with Gasteiger partial charge in [0.05, 0.1) is 22.2 Å². The van der Waals surface area contributed by atoms with E-state index in [1.807, 2.05) is 31.2 Å². The van der Waals surface area contributed by atoms with Crippen molar-refractivity contribution in [1.29, 1.82) is 0 Å². The maximum Gasteiger partial charge on any atom is 0.272 e. The molecule has 0 saturated carbocycles. The molecule has 0 aliphatic heterocycles. The fourth-order valence-electron chi connectivity index (χ4n) is 2.25. The topological polar surface area (TPSA) is 131 Å². The van der Waals surface area contributed by atoms with Gasteiger partial charge >= 0.3 is 0 Å². The third kappa shape index (κ3) is 2.80. The molecule has 3 rings (SSSR count). The summed E-state index contributed by atoms with van der Waals surface area (Å²) in [5.41, 5.74) is 2.65. The zero-order valence-electron chi connectivity index (χ0n) is 12.3. The van der Waals surface area contributed by atoms with Crippen molar-refractivity contribution in [2.75, 3.05) is 0 Å². The molecular weight excluding hydrogens is 282 g/mol. The first-order valence-corrected chi connectivity index (χ1v) is 6.59. The smallest absolute Gasteiger partial charge is 0.272 e. The van der Waals surface area contributed by atoms with Crippen LogP contribution in [0.15, 0.2) is 39.9 Å². The van der Waals surface area contributed by atoms with Gasteiger partial charge in [0.25, 0.3) is 11.1 Å². The largest absolute Gasteiger partial charge is 0.274 e. The summed E-state index contributed by atoms with van der Waals surface area (Å²) in [6.45, 7) is 3.74. The van der Waals surface area contributed by atoms with Gasteiger partial charge in [0.15, 0.2) is 0 Å². The number of aryl methyl sites for hydroxylation is 2.